The SMILES string of the molecule is COc1c(NC(=O)Nc2ccc(Oc3ccncc3)c3ccccc23)cc(C(C)(C)C)cc1Nc1nc(C(=O)O)cs1. The number of carboxylic acids is 1. The van der Waals surface area contributed by atoms with E-state index < -0.39 is 12.0 Å². The van der Waals surface area contributed by atoms with Gasteiger partial charge in [0.05, 0.1) is 24.2 Å². The van der Waals surface area contributed by atoms with E-state index >= 15 is 0 Å². The van der Waals surface area contributed by atoms with E-state index in [1.54, 1.807) is 36.7 Å². The summed E-state index contributed by atoms with van der Waals surface area (Å²) in [6, 6.07) is 18.1. The molecule has 0 spiro atoms. The second-order valence-electron chi connectivity index (χ2n) is 10.3. The van der Waals surface area contributed by atoms with Gasteiger partial charge in [0.15, 0.2) is 16.6 Å². The summed E-state index contributed by atoms with van der Waals surface area (Å²) in [7, 11) is 1.50. The van der Waals surface area contributed by atoms with Crippen LogP contribution in [0.5, 0.6) is 17.2 Å². The van der Waals surface area contributed by atoms with Crippen molar-refractivity contribution in [2.24, 2.45) is 0 Å². The van der Waals surface area contributed by atoms with E-state index in [9.17, 15) is 14.7 Å². The standard InChI is InChI=1S/C31H29N5O5S/c1-31(2,3)18-15-23(27(40-4)24(16-18)35-30-36-25(17-42-30)28(37)38)34-29(39)33-22-9-10-26(21-8-6-5-7-20(21)22)41-19-11-13-32-14-12-19/h5-17H,1-4H3,(H,35,36)(H,37,38)(H2,33,34,39). The van der Waals surface area contributed by atoms with Crippen molar-refractivity contribution in [1.82, 2.24) is 9.97 Å². The molecule has 0 atom stereocenters. The van der Waals surface area contributed by atoms with Crippen LogP contribution in [-0.4, -0.2) is 34.2 Å². The third-order valence-electron chi connectivity index (χ3n) is 6.38. The number of anilines is 4. The molecule has 0 saturated carbocycles. The van der Waals surface area contributed by atoms with Crippen LogP contribution >= 0.6 is 11.3 Å². The van der Waals surface area contributed by atoms with Crippen molar-refractivity contribution in [2.75, 3.05) is 23.1 Å². The minimum atomic E-state index is -1.11. The molecule has 0 aliphatic rings. The molecule has 5 aromatic rings. The van der Waals surface area contributed by atoms with Gasteiger partial charge in [0, 0.05) is 28.5 Å². The highest BCUT2D eigenvalue weighted by Gasteiger charge is 2.22. The lowest BCUT2D eigenvalue weighted by atomic mass is 9.86. The first-order chi connectivity index (χ1) is 20.1. The van der Waals surface area contributed by atoms with Gasteiger partial charge in [-0.2, -0.15) is 0 Å². The number of pyridine rings is 1. The molecule has 10 nitrogen and oxygen atoms in total. The van der Waals surface area contributed by atoms with Gasteiger partial charge in [-0.1, -0.05) is 45.0 Å². The number of fused-ring (bicyclic) bond motifs is 1. The van der Waals surface area contributed by atoms with Crippen molar-refractivity contribution in [3.05, 3.63) is 89.7 Å². The molecule has 3 aromatic carbocycles. The quantitative estimate of drug-likeness (QED) is 0.145. The molecular formula is C31H29N5O5S. The smallest absolute Gasteiger partial charge is 0.355 e. The van der Waals surface area contributed by atoms with E-state index in [1.807, 2.05) is 36.4 Å². The Bertz CT molecular complexity index is 1770. The number of methoxy groups -OCH3 is 1. The first-order valence-electron chi connectivity index (χ1n) is 13.0. The van der Waals surface area contributed by atoms with Crippen molar-refractivity contribution in [1.29, 1.82) is 0 Å². The zero-order chi connectivity index (χ0) is 29.9. The monoisotopic (exact) mass is 583 g/mol. The fourth-order valence-electron chi connectivity index (χ4n) is 4.29. The average molecular weight is 584 g/mol. The third kappa shape index (κ3) is 6.26. The Morgan fingerprint density at radius 2 is 1.60 bits per heavy atom. The Balaban J connectivity index is 1.44. The van der Waals surface area contributed by atoms with Gasteiger partial charge in [-0.25, -0.2) is 14.6 Å². The number of aromatic carboxylic acids is 1. The highest BCUT2D eigenvalue weighted by atomic mass is 32.1. The van der Waals surface area contributed by atoms with Crippen molar-refractivity contribution >= 4 is 56.3 Å². The van der Waals surface area contributed by atoms with Crippen LogP contribution in [0.2, 0.25) is 0 Å². The molecule has 0 radical (unpaired) electrons. The summed E-state index contributed by atoms with van der Waals surface area (Å²) in [4.78, 5) is 32.8. The van der Waals surface area contributed by atoms with Crippen LogP contribution in [0.15, 0.2) is 78.4 Å². The summed E-state index contributed by atoms with van der Waals surface area (Å²) in [5.74, 6) is 0.557. The highest BCUT2D eigenvalue weighted by Crippen LogP contribution is 2.41. The number of aromatic nitrogens is 2. The van der Waals surface area contributed by atoms with Gasteiger partial charge in [-0.05, 0) is 47.4 Å². The van der Waals surface area contributed by atoms with Gasteiger partial charge >= 0.3 is 12.0 Å². The summed E-state index contributed by atoms with van der Waals surface area (Å²) in [6.07, 6.45) is 3.32. The number of nitrogens with one attached hydrogen (secondary N) is 3. The first kappa shape index (κ1) is 28.4. The molecule has 2 amide bonds. The van der Waals surface area contributed by atoms with Crippen LogP contribution in [0.4, 0.5) is 27.0 Å². The average Bonchev–Trinajstić information content (AvgIpc) is 3.43. The number of carbonyl (C=O) groups excluding carboxylic acids is 1. The van der Waals surface area contributed by atoms with E-state index in [-0.39, 0.29) is 11.1 Å². The highest BCUT2D eigenvalue weighted by molar-refractivity contribution is 7.14. The largest absolute Gasteiger partial charge is 0.492 e. The maximum absolute atomic E-state index is 13.4. The molecule has 42 heavy (non-hydrogen) atoms. The van der Waals surface area contributed by atoms with Crippen molar-refractivity contribution in [3.8, 4) is 17.2 Å². The second kappa shape index (κ2) is 11.8. The minimum absolute atomic E-state index is 0.0596. The van der Waals surface area contributed by atoms with E-state index in [1.165, 1.54) is 12.5 Å². The molecule has 0 aliphatic carbocycles. The third-order valence-corrected chi connectivity index (χ3v) is 7.14. The first-order valence-corrected chi connectivity index (χ1v) is 13.9. The number of carboxylic acid groups (broad SMARTS) is 1. The summed E-state index contributed by atoms with van der Waals surface area (Å²) < 4.78 is 11.8. The predicted octanol–water partition coefficient (Wildman–Crippen LogP) is 7.88. The molecule has 5 rings (SSSR count). The summed E-state index contributed by atoms with van der Waals surface area (Å²) in [5.41, 5.74) is 2.15. The topological polar surface area (TPSA) is 135 Å². The molecular weight excluding hydrogens is 554 g/mol. The van der Waals surface area contributed by atoms with Crippen molar-refractivity contribution in [2.45, 2.75) is 26.2 Å². The van der Waals surface area contributed by atoms with E-state index in [2.05, 4.69) is 46.7 Å². The molecule has 0 saturated heterocycles. The Morgan fingerprint density at radius 1 is 0.905 bits per heavy atom. The number of rotatable bonds is 8. The van der Waals surface area contributed by atoms with Crippen LogP contribution in [0, 0.1) is 0 Å². The Morgan fingerprint density at radius 3 is 2.26 bits per heavy atom. The van der Waals surface area contributed by atoms with Crippen molar-refractivity contribution in [3.63, 3.8) is 0 Å². The molecule has 0 fully saturated rings. The van der Waals surface area contributed by atoms with Gasteiger partial charge in [0.2, 0.25) is 0 Å². The van der Waals surface area contributed by atoms with Crippen LogP contribution in [-0.2, 0) is 5.41 Å². The fourth-order valence-corrected chi connectivity index (χ4v) is 4.99. The Kier molecular flexibility index (Phi) is 7.94. The number of hydrogen-bond acceptors (Lipinski definition) is 8. The number of hydrogen-bond donors (Lipinski definition) is 4. The molecule has 2 aromatic heterocycles. The Hall–Kier alpha value is -5.16. The number of carbonyl (C=O) groups is 2. The van der Waals surface area contributed by atoms with Gasteiger partial charge < -0.3 is 30.5 Å². The van der Waals surface area contributed by atoms with E-state index in [4.69, 9.17) is 9.47 Å². The normalized spacial score (nSPS) is 11.1. The lowest BCUT2D eigenvalue weighted by molar-refractivity contribution is 0.0691. The molecule has 11 heteroatoms. The number of urea groups is 1. The number of thiazole rings is 1. The lowest BCUT2D eigenvalue weighted by Crippen LogP contribution is -2.21. The molecule has 214 valence electrons. The summed E-state index contributed by atoms with van der Waals surface area (Å²) in [6.45, 7) is 6.16. The number of benzene rings is 3. The minimum Gasteiger partial charge on any atom is -0.492 e. The molecule has 0 bridgehead atoms. The summed E-state index contributed by atoms with van der Waals surface area (Å²) >= 11 is 1.16. The molecule has 0 unspecified atom stereocenters. The zero-order valence-corrected chi connectivity index (χ0v) is 24.2. The van der Waals surface area contributed by atoms with E-state index in [0.29, 0.717) is 39.4 Å². The van der Waals surface area contributed by atoms with E-state index in [0.717, 1.165) is 27.7 Å². The van der Waals surface area contributed by atoms with Crippen molar-refractivity contribution < 1.29 is 24.2 Å². The van der Waals surface area contributed by atoms with Crippen LogP contribution in [0.1, 0.15) is 36.8 Å². The van der Waals surface area contributed by atoms with Crippen LogP contribution in [0.25, 0.3) is 10.8 Å². The second-order valence-corrected chi connectivity index (χ2v) is 11.2. The maximum Gasteiger partial charge on any atom is 0.355 e. The zero-order valence-electron chi connectivity index (χ0n) is 23.4. The number of nitrogens with zero attached hydrogens (tertiary/aromatic N) is 2. The van der Waals surface area contributed by atoms with Gasteiger partial charge in [0.25, 0.3) is 0 Å². The van der Waals surface area contributed by atoms with Crippen LogP contribution < -0.4 is 25.4 Å². The lowest BCUT2D eigenvalue weighted by Gasteiger charge is -2.24. The van der Waals surface area contributed by atoms with Gasteiger partial charge in [0.1, 0.15) is 11.5 Å². The molecule has 2 heterocycles. The Labute approximate surface area is 246 Å². The maximum atomic E-state index is 13.4. The van der Waals surface area contributed by atoms with Gasteiger partial charge in [-0.15, -0.1) is 11.3 Å². The number of amides is 2. The molecule has 4 N–H and O–H groups in total. The number of ether oxygens (including phenoxy) is 2. The summed E-state index contributed by atoms with van der Waals surface area (Å²) in [5, 5.41) is 21.8. The fraction of sp³-hybridized carbons (Fsp3) is 0.161. The van der Waals surface area contributed by atoms with Crippen LogP contribution in [0.3, 0.4) is 0 Å². The molecule has 0 aliphatic heterocycles. The predicted molar refractivity (Wildman–Crippen MR) is 165 cm³/mol. The van der Waals surface area contributed by atoms with Gasteiger partial charge in [-0.3, -0.25) is 4.98 Å².